The number of nitrogens with one attached hydrogen (secondary N) is 1. The molecule has 122 valence electrons. The summed E-state index contributed by atoms with van der Waals surface area (Å²) in [5.74, 6) is -0.616. The summed E-state index contributed by atoms with van der Waals surface area (Å²) >= 11 is 0. The molecule has 1 saturated heterocycles. The number of hydrogen-bond acceptors (Lipinski definition) is 5. The highest BCUT2D eigenvalue weighted by atomic mass is 32.2. The molecule has 1 aromatic heterocycles. The van der Waals surface area contributed by atoms with Crippen molar-refractivity contribution in [2.45, 2.75) is 13.0 Å². The van der Waals surface area contributed by atoms with Gasteiger partial charge in [0.05, 0.1) is 18.1 Å². The minimum atomic E-state index is -3.23. The van der Waals surface area contributed by atoms with Crippen LogP contribution in [-0.4, -0.2) is 67.9 Å². The van der Waals surface area contributed by atoms with E-state index in [0.717, 1.165) is 6.26 Å². The molecule has 2 heterocycles. The van der Waals surface area contributed by atoms with Crippen LogP contribution in [0.4, 0.5) is 0 Å². The van der Waals surface area contributed by atoms with E-state index in [2.05, 4.69) is 5.32 Å². The monoisotopic (exact) mass is 329 g/mol. The molecule has 2 amide bonds. The summed E-state index contributed by atoms with van der Waals surface area (Å²) in [6.07, 6.45) is 3.83. The molecule has 8 nitrogen and oxygen atoms in total. The summed E-state index contributed by atoms with van der Waals surface area (Å²) in [4.78, 5) is 25.7. The van der Waals surface area contributed by atoms with Gasteiger partial charge in [0.15, 0.2) is 0 Å². The number of piperazine rings is 1. The zero-order valence-electron chi connectivity index (χ0n) is 12.5. The van der Waals surface area contributed by atoms with Gasteiger partial charge in [0.25, 0.3) is 5.91 Å². The number of amides is 2. The lowest BCUT2D eigenvalue weighted by Gasteiger charge is -2.34. The highest BCUT2D eigenvalue weighted by Crippen LogP contribution is 2.08. The molecule has 0 saturated carbocycles. The van der Waals surface area contributed by atoms with Gasteiger partial charge in [0, 0.05) is 26.2 Å². The van der Waals surface area contributed by atoms with E-state index < -0.39 is 16.1 Å². The zero-order chi connectivity index (χ0) is 16.3. The number of carbonyl (C=O) groups excluding carboxylic acids is 2. The van der Waals surface area contributed by atoms with Gasteiger partial charge in [-0.2, -0.15) is 4.31 Å². The average Bonchev–Trinajstić information content (AvgIpc) is 3.00. The van der Waals surface area contributed by atoms with Crippen molar-refractivity contribution < 1.29 is 22.4 Å². The lowest BCUT2D eigenvalue weighted by molar-refractivity contribution is -0.134. The van der Waals surface area contributed by atoms with Crippen LogP contribution in [0, 0.1) is 0 Å². The van der Waals surface area contributed by atoms with Crippen molar-refractivity contribution in [3.8, 4) is 0 Å². The normalized spacial score (nSPS) is 18.0. The summed E-state index contributed by atoms with van der Waals surface area (Å²) in [6, 6.07) is 0.824. The number of sulfonamides is 1. The van der Waals surface area contributed by atoms with Crippen LogP contribution in [0.15, 0.2) is 23.0 Å². The predicted molar refractivity (Wildman–Crippen MR) is 78.6 cm³/mol. The van der Waals surface area contributed by atoms with Crippen LogP contribution in [-0.2, 0) is 14.8 Å². The van der Waals surface area contributed by atoms with Crippen LogP contribution < -0.4 is 5.32 Å². The second-order valence-corrected chi connectivity index (χ2v) is 7.18. The molecule has 1 aliphatic heterocycles. The largest absolute Gasteiger partial charge is 0.472 e. The minimum absolute atomic E-state index is 0.231. The zero-order valence-corrected chi connectivity index (χ0v) is 13.3. The summed E-state index contributed by atoms with van der Waals surface area (Å²) in [5, 5.41) is 2.60. The van der Waals surface area contributed by atoms with E-state index in [1.807, 2.05) is 0 Å². The quantitative estimate of drug-likeness (QED) is 0.803. The first-order chi connectivity index (χ1) is 10.3. The van der Waals surface area contributed by atoms with Gasteiger partial charge in [-0.25, -0.2) is 8.42 Å². The molecule has 1 fully saturated rings. The van der Waals surface area contributed by atoms with Crippen molar-refractivity contribution in [2.24, 2.45) is 0 Å². The standard InChI is InChI=1S/C13H19N3O5S/c1-10(14-12(17)11-3-8-21-9-11)13(18)15-4-6-16(7-5-15)22(2,19)20/h3,8-10H,4-7H2,1-2H3,(H,14,17)/t10-/m0/s1. The van der Waals surface area contributed by atoms with Crippen molar-refractivity contribution >= 4 is 21.8 Å². The van der Waals surface area contributed by atoms with Crippen LogP contribution in [0.1, 0.15) is 17.3 Å². The second kappa shape index (κ2) is 6.49. The summed E-state index contributed by atoms with van der Waals surface area (Å²) in [6.45, 7) is 2.78. The Bertz CT molecular complexity index is 633. The third-order valence-electron chi connectivity index (χ3n) is 3.52. The van der Waals surface area contributed by atoms with Crippen molar-refractivity contribution in [1.29, 1.82) is 0 Å². The number of furan rings is 1. The Morgan fingerprint density at radius 1 is 1.27 bits per heavy atom. The molecule has 0 spiro atoms. The van der Waals surface area contributed by atoms with E-state index in [-0.39, 0.29) is 24.9 Å². The smallest absolute Gasteiger partial charge is 0.255 e. The van der Waals surface area contributed by atoms with E-state index in [4.69, 9.17) is 4.42 Å². The number of hydrogen-bond donors (Lipinski definition) is 1. The first kappa shape index (κ1) is 16.5. The maximum absolute atomic E-state index is 12.3. The Hall–Kier alpha value is -1.87. The fraction of sp³-hybridized carbons (Fsp3) is 0.538. The van der Waals surface area contributed by atoms with Crippen molar-refractivity contribution in [1.82, 2.24) is 14.5 Å². The molecule has 2 rings (SSSR count). The molecular weight excluding hydrogens is 310 g/mol. The van der Waals surface area contributed by atoms with Gasteiger partial charge in [0.1, 0.15) is 12.3 Å². The Labute approximate surface area is 129 Å². The lowest BCUT2D eigenvalue weighted by atomic mass is 10.2. The third-order valence-corrected chi connectivity index (χ3v) is 4.82. The molecule has 9 heteroatoms. The topological polar surface area (TPSA) is 99.9 Å². The molecule has 0 bridgehead atoms. The first-order valence-electron chi connectivity index (χ1n) is 6.86. The Kier molecular flexibility index (Phi) is 4.87. The van der Waals surface area contributed by atoms with Crippen molar-refractivity contribution in [3.05, 3.63) is 24.2 Å². The SMILES string of the molecule is C[C@H](NC(=O)c1ccoc1)C(=O)N1CCN(S(C)(=O)=O)CC1. The lowest BCUT2D eigenvalue weighted by Crippen LogP contribution is -2.54. The Morgan fingerprint density at radius 2 is 1.91 bits per heavy atom. The number of nitrogens with zero attached hydrogens (tertiary/aromatic N) is 2. The molecule has 0 aromatic carbocycles. The third kappa shape index (κ3) is 3.86. The van der Waals surface area contributed by atoms with Gasteiger partial charge >= 0.3 is 0 Å². The summed E-state index contributed by atoms with van der Waals surface area (Å²) in [7, 11) is -3.23. The van der Waals surface area contributed by atoms with Gasteiger partial charge < -0.3 is 14.6 Å². The maximum atomic E-state index is 12.3. The highest BCUT2D eigenvalue weighted by molar-refractivity contribution is 7.88. The Morgan fingerprint density at radius 3 is 2.41 bits per heavy atom. The van der Waals surface area contributed by atoms with Crippen LogP contribution in [0.2, 0.25) is 0 Å². The number of carbonyl (C=O) groups is 2. The summed E-state index contributed by atoms with van der Waals surface area (Å²) in [5.41, 5.74) is 0.349. The highest BCUT2D eigenvalue weighted by Gasteiger charge is 2.29. The second-order valence-electron chi connectivity index (χ2n) is 5.19. The van der Waals surface area contributed by atoms with Gasteiger partial charge in [-0.05, 0) is 13.0 Å². The van der Waals surface area contributed by atoms with E-state index >= 15 is 0 Å². The molecule has 0 aliphatic carbocycles. The molecule has 0 radical (unpaired) electrons. The van der Waals surface area contributed by atoms with Crippen LogP contribution in [0.5, 0.6) is 0 Å². The van der Waals surface area contributed by atoms with E-state index in [0.29, 0.717) is 18.7 Å². The molecule has 0 unspecified atom stereocenters. The van der Waals surface area contributed by atoms with Crippen LogP contribution in [0.3, 0.4) is 0 Å². The fourth-order valence-electron chi connectivity index (χ4n) is 2.25. The summed E-state index contributed by atoms with van der Waals surface area (Å²) < 4.78 is 29.0. The van der Waals surface area contributed by atoms with Crippen molar-refractivity contribution in [3.63, 3.8) is 0 Å². The average molecular weight is 329 g/mol. The van der Waals surface area contributed by atoms with Crippen molar-refractivity contribution in [2.75, 3.05) is 32.4 Å². The molecular formula is C13H19N3O5S. The molecule has 1 atom stereocenters. The first-order valence-corrected chi connectivity index (χ1v) is 8.71. The molecule has 1 aliphatic rings. The predicted octanol–water partition coefficient (Wildman–Crippen LogP) is -0.498. The van der Waals surface area contributed by atoms with E-state index in [1.165, 1.54) is 22.9 Å². The Balaban J connectivity index is 1.88. The van der Waals surface area contributed by atoms with E-state index in [9.17, 15) is 18.0 Å². The van der Waals surface area contributed by atoms with Gasteiger partial charge in [-0.1, -0.05) is 0 Å². The van der Waals surface area contributed by atoms with Gasteiger partial charge in [0.2, 0.25) is 15.9 Å². The molecule has 1 N–H and O–H groups in total. The van der Waals surface area contributed by atoms with Crippen LogP contribution >= 0.6 is 0 Å². The molecule has 22 heavy (non-hydrogen) atoms. The molecule has 1 aromatic rings. The van der Waals surface area contributed by atoms with E-state index in [1.54, 1.807) is 11.8 Å². The van der Waals surface area contributed by atoms with Crippen LogP contribution in [0.25, 0.3) is 0 Å². The maximum Gasteiger partial charge on any atom is 0.255 e. The van der Waals surface area contributed by atoms with Gasteiger partial charge in [-0.3, -0.25) is 9.59 Å². The minimum Gasteiger partial charge on any atom is -0.472 e. The number of rotatable bonds is 4. The van der Waals surface area contributed by atoms with Gasteiger partial charge in [-0.15, -0.1) is 0 Å². The fourth-order valence-corrected chi connectivity index (χ4v) is 3.08.